The van der Waals surface area contributed by atoms with Crippen LogP contribution >= 0.6 is 0 Å². The molecule has 2 aromatic rings. The van der Waals surface area contributed by atoms with E-state index in [0.29, 0.717) is 0 Å². The zero-order valence-corrected chi connectivity index (χ0v) is 10.6. The van der Waals surface area contributed by atoms with Crippen molar-refractivity contribution in [2.24, 2.45) is 0 Å². The van der Waals surface area contributed by atoms with Crippen LogP contribution in [0.2, 0.25) is 0 Å². The van der Waals surface area contributed by atoms with Crippen LogP contribution in [0.4, 0.5) is 0 Å². The topological polar surface area (TPSA) is 37.3 Å². The van der Waals surface area contributed by atoms with Crippen LogP contribution < -0.4 is 0 Å². The quantitative estimate of drug-likeness (QED) is 0.806. The summed E-state index contributed by atoms with van der Waals surface area (Å²) in [5.74, 6) is -0.705. The molecule has 2 aromatic carbocycles. The van der Waals surface area contributed by atoms with Crippen LogP contribution in [-0.4, -0.2) is 11.1 Å². The number of aliphatic carboxylic acids is 1. The molecule has 2 rings (SSSR count). The minimum atomic E-state index is -0.705. The van der Waals surface area contributed by atoms with E-state index >= 15 is 0 Å². The van der Waals surface area contributed by atoms with E-state index in [0.717, 1.165) is 19.3 Å². The molecule has 0 unspecified atom stereocenters. The lowest BCUT2D eigenvalue weighted by Crippen LogP contribution is -1.94. The maximum Gasteiger partial charge on any atom is 0.303 e. The molecule has 0 bridgehead atoms. The summed E-state index contributed by atoms with van der Waals surface area (Å²) >= 11 is 0. The largest absolute Gasteiger partial charge is 0.481 e. The molecule has 2 nitrogen and oxygen atoms in total. The summed E-state index contributed by atoms with van der Waals surface area (Å²) in [6.45, 7) is 2.10. The number of benzene rings is 2. The molecule has 0 aliphatic heterocycles. The molecule has 0 radical (unpaired) electrons. The van der Waals surface area contributed by atoms with Gasteiger partial charge in [-0.15, -0.1) is 0 Å². The number of carbonyl (C=O) groups is 1. The number of carboxylic acid groups (broad SMARTS) is 1. The highest BCUT2D eigenvalue weighted by atomic mass is 16.4. The second kappa shape index (κ2) is 5.67. The van der Waals surface area contributed by atoms with Crippen molar-refractivity contribution in [2.75, 3.05) is 0 Å². The van der Waals surface area contributed by atoms with Gasteiger partial charge in [0, 0.05) is 6.42 Å². The van der Waals surface area contributed by atoms with E-state index in [1.54, 1.807) is 0 Å². The molecule has 1 N–H and O–H groups in total. The minimum absolute atomic E-state index is 0.271. The third kappa shape index (κ3) is 3.33. The van der Waals surface area contributed by atoms with Crippen LogP contribution in [0.1, 0.15) is 30.4 Å². The van der Waals surface area contributed by atoms with E-state index in [4.69, 9.17) is 5.11 Å². The number of hydrogen-bond acceptors (Lipinski definition) is 1. The lowest BCUT2D eigenvalue weighted by molar-refractivity contribution is -0.137. The Labute approximate surface area is 107 Å². The predicted octanol–water partition coefficient (Wildman–Crippen LogP) is 3.95. The first-order valence-electron chi connectivity index (χ1n) is 6.36. The number of rotatable bonds is 5. The summed E-state index contributed by atoms with van der Waals surface area (Å²) < 4.78 is 0. The summed E-state index contributed by atoms with van der Waals surface area (Å²) in [7, 11) is 0. The third-order valence-electron chi connectivity index (χ3n) is 3.17. The summed E-state index contributed by atoms with van der Waals surface area (Å²) in [5, 5.41) is 11.1. The van der Waals surface area contributed by atoms with Crippen molar-refractivity contribution >= 4 is 16.7 Å². The smallest absolute Gasteiger partial charge is 0.303 e. The lowest BCUT2D eigenvalue weighted by Gasteiger charge is -2.04. The van der Waals surface area contributed by atoms with Gasteiger partial charge in [0.15, 0.2) is 0 Å². The standard InChI is InChI=1S/C16H18O2/c1-12-6-8-15-11-13(7-9-14(15)10-12)4-2-3-5-16(17)18/h6-11H,2-5H2,1H3,(H,17,18). The SMILES string of the molecule is Cc1ccc2cc(CCCCC(=O)O)ccc2c1. The molecule has 0 atom stereocenters. The van der Waals surface area contributed by atoms with Crippen LogP contribution in [0.3, 0.4) is 0 Å². The van der Waals surface area contributed by atoms with E-state index in [9.17, 15) is 4.79 Å². The molecule has 0 aliphatic rings. The third-order valence-corrected chi connectivity index (χ3v) is 3.17. The van der Waals surface area contributed by atoms with Crippen molar-refractivity contribution in [2.45, 2.75) is 32.6 Å². The molecular weight excluding hydrogens is 224 g/mol. The number of hydrogen-bond donors (Lipinski definition) is 1. The second-order valence-electron chi connectivity index (χ2n) is 4.79. The van der Waals surface area contributed by atoms with E-state index in [2.05, 4.69) is 43.3 Å². The molecule has 94 valence electrons. The van der Waals surface area contributed by atoms with Gasteiger partial charge in [-0.05, 0) is 42.5 Å². The van der Waals surface area contributed by atoms with Crippen molar-refractivity contribution in [1.82, 2.24) is 0 Å². The zero-order valence-electron chi connectivity index (χ0n) is 10.6. The minimum Gasteiger partial charge on any atom is -0.481 e. The maximum absolute atomic E-state index is 10.4. The fourth-order valence-electron chi connectivity index (χ4n) is 2.18. The summed E-state index contributed by atoms with van der Waals surface area (Å²) in [4.78, 5) is 10.4. The lowest BCUT2D eigenvalue weighted by atomic mass is 10.0. The van der Waals surface area contributed by atoms with Crippen LogP contribution in [0.5, 0.6) is 0 Å². The van der Waals surface area contributed by atoms with Crippen LogP contribution in [0.15, 0.2) is 36.4 Å². The van der Waals surface area contributed by atoms with E-state index in [-0.39, 0.29) is 6.42 Å². The first-order chi connectivity index (χ1) is 8.65. The first kappa shape index (κ1) is 12.6. The summed E-state index contributed by atoms with van der Waals surface area (Å²) in [5.41, 5.74) is 2.56. The van der Waals surface area contributed by atoms with Crippen molar-refractivity contribution < 1.29 is 9.90 Å². The normalized spacial score (nSPS) is 10.7. The van der Waals surface area contributed by atoms with Crippen LogP contribution in [-0.2, 0) is 11.2 Å². The van der Waals surface area contributed by atoms with Gasteiger partial charge in [-0.1, -0.05) is 42.0 Å². The Kier molecular flexibility index (Phi) is 3.98. The van der Waals surface area contributed by atoms with Crippen molar-refractivity contribution in [3.63, 3.8) is 0 Å². The molecule has 0 aliphatic carbocycles. The molecule has 0 fully saturated rings. The molecule has 0 heterocycles. The monoisotopic (exact) mass is 242 g/mol. The van der Waals surface area contributed by atoms with Crippen molar-refractivity contribution in [1.29, 1.82) is 0 Å². The highest BCUT2D eigenvalue weighted by Crippen LogP contribution is 2.19. The Hall–Kier alpha value is -1.83. The number of fused-ring (bicyclic) bond motifs is 1. The van der Waals surface area contributed by atoms with E-state index in [1.165, 1.54) is 21.9 Å². The molecule has 2 heteroatoms. The van der Waals surface area contributed by atoms with Gasteiger partial charge in [-0.25, -0.2) is 0 Å². The van der Waals surface area contributed by atoms with Crippen molar-refractivity contribution in [3.8, 4) is 0 Å². The Morgan fingerprint density at radius 2 is 1.78 bits per heavy atom. The fourth-order valence-corrected chi connectivity index (χ4v) is 2.18. The average Bonchev–Trinajstić information content (AvgIpc) is 2.34. The molecule has 0 saturated heterocycles. The Morgan fingerprint density at radius 3 is 2.56 bits per heavy atom. The van der Waals surface area contributed by atoms with Gasteiger partial charge in [-0.2, -0.15) is 0 Å². The second-order valence-corrected chi connectivity index (χ2v) is 4.79. The van der Waals surface area contributed by atoms with Gasteiger partial charge in [0.2, 0.25) is 0 Å². The molecule has 0 amide bonds. The van der Waals surface area contributed by atoms with Crippen LogP contribution in [0, 0.1) is 6.92 Å². The molecular formula is C16H18O2. The average molecular weight is 242 g/mol. The molecule has 18 heavy (non-hydrogen) atoms. The molecule has 0 spiro atoms. The summed E-state index contributed by atoms with van der Waals surface area (Å²) in [6, 6.07) is 12.9. The van der Waals surface area contributed by atoms with Gasteiger partial charge >= 0.3 is 5.97 Å². The zero-order chi connectivity index (χ0) is 13.0. The van der Waals surface area contributed by atoms with Gasteiger partial charge in [0.1, 0.15) is 0 Å². The Morgan fingerprint density at radius 1 is 1.06 bits per heavy atom. The fraction of sp³-hybridized carbons (Fsp3) is 0.312. The highest BCUT2D eigenvalue weighted by molar-refractivity contribution is 5.83. The highest BCUT2D eigenvalue weighted by Gasteiger charge is 2.00. The summed E-state index contributed by atoms with van der Waals surface area (Å²) in [6.07, 6.45) is 2.91. The van der Waals surface area contributed by atoms with Crippen molar-refractivity contribution in [3.05, 3.63) is 47.5 Å². The Balaban J connectivity index is 2.01. The van der Waals surface area contributed by atoms with Crippen LogP contribution in [0.25, 0.3) is 10.8 Å². The van der Waals surface area contributed by atoms with E-state index in [1.807, 2.05) is 0 Å². The maximum atomic E-state index is 10.4. The van der Waals surface area contributed by atoms with E-state index < -0.39 is 5.97 Å². The number of carboxylic acids is 1. The van der Waals surface area contributed by atoms with Gasteiger partial charge in [0.25, 0.3) is 0 Å². The van der Waals surface area contributed by atoms with Gasteiger partial charge in [0.05, 0.1) is 0 Å². The van der Waals surface area contributed by atoms with Gasteiger partial charge < -0.3 is 5.11 Å². The molecule has 0 aromatic heterocycles. The first-order valence-corrected chi connectivity index (χ1v) is 6.36. The predicted molar refractivity (Wildman–Crippen MR) is 73.9 cm³/mol. The van der Waals surface area contributed by atoms with Gasteiger partial charge in [-0.3, -0.25) is 4.79 Å². The molecule has 0 saturated carbocycles. The number of unbranched alkanes of at least 4 members (excludes halogenated alkanes) is 1. The number of aryl methyl sites for hydroxylation is 2. The Bertz CT molecular complexity index is 558.